The van der Waals surface area contributed by atoms with Gasteiger partial charge in [0, 0.05) is 10.9 Å². The second-order valence-electron chi connectivity index (χ2n) is 5.29. The van der Waals surface area contributed by atoms with Gasteiger partial charge in [0.25, 0.3) is 0 Å². The first-order valence-corrected chi connectivity index (χ1v) is 8.24. The number of thiazole rings is 1. The highest BCUT2D eigenvalue weighted by atomic mass is 32.1. The maximum absolute atomic E-state index is 13.0. The van der Waals surface area contributed by atoms with Crippen LogP contribution in [-0.2, 0) is 9.53 Å². The third-order valence-corrected chi connectivity index (χ3v) is 3.61. The van der Waals surface area contributed by atoms with Gasteiger partial charge in [0.2, 0.25) is 5.13 Å². The molecule has 1 aromatic heterocycles. The average Bonchev–Trinajstić information content (AvgIpc) is 2.99. The Balaban J connectivity index is 2.10. The molecule has 0 fully saturated rings. The summed E-state index contributed by atoms with van der Waals surface area (Å²) in [4.78, 5) is 15.6. The van der Waals surface area contributed by atoms with Gasteiger partial charge in [-0.05, 0) is 13.8 Å². The van der Waals surface area contributed by atoms with E-state index in [1.807, 2.05) is 30.3 Å². The number of esters is 1. The van der Waals surface area contributed by atoms with E-state index in [1.165, 1.54) is 0 Å². The Labute approximate surface area is 146 Å². The van der Waals surface area contributed by atoms with Crippen LogP contribution in [0.3, 0.4) is 0 Å². The summed E-state index contributed by atoms with van der Waals surface area (Å²) in [6.45, 7) is 3.11. The predicted octanol–water partition coefficient (Wildman–Crippen LogP) is 4.48. The Kier molecular flexibility index (Phi) is 6.13. The highest BCUT2D eigenvalue weighted by Gasteiger charge is 2.38. The Morgan fingerprint density at radius 2 is 2.00 bits per heavy atom. The number of carbonyl (C=O) groups excluding carboxylic acids is 1. The highest BCUT2D eigenvalue weighted by Crippen LogP contribution is 2.25. The lowest BCUT2D eigenvalue weighted by molar-refractivity contribution is -0.146. The average molecular weight is 371 g/mol. The molecule has 2 aromatic rings. The van der Waals surface area contributed by atoms with Crippen molar-refractivity contribution in [3.8, 4) is 11.3 Å². The monoisotopic (exact) mass is 371 g/mol. The smallest absolute Gasteiger partial charge is 0.431 e. The normalized spacial score (nSPS) is 12.3. The summed E-state index contributed by atoms with van der Waals surface area (Å²) >= 11 is 1.11. The second kappa shape index (κ2) is 8.11. The minimum Gasteiger partial charge on any atom is -0.463 e. The number of hydrogen-bond acceptors (Lipinski definition) is 6. The topological polar surface area (TPSA) is 63.6 Å². The number of alkyl halides is 3. The van der Waals surface area contributed by atoms with Crippen molar-refractivity contribution in [2.75, 3.05) is 5.43 Å². The first kappa shape index (κ1) is 18.9. The van der Waals surface area contributed by atoms with Crippen LogP contribution in [0.5, 0.6) is 0 Å². The molecule has 5 nitrogen and oxygen atoms in total. The number of anilines is 1. The number of nitrogens with one attached hydrogen (secondary N) is 1. The van der Waals surface area contributed by atoms with Crippen molar-refractivity contribution >= 4 is 28.1 Å². The summed E-state index contributed by atoms with van der Waals surface area (Å²) in [6.07, 6.45) is -6.21. The number of hydrogen-bond donors (Lipinski definition) is 1. The SMILES string of the molecule is CC(C)OC(=O)CC(=NNc1nc(-c2ccccc2)cs1)C(F)(F)F. The summed E-state index contributed by atoms with van der Waals surface area (Å²) in [5.74, 6) is -0.989. The molecule has 1 heterocycles. The third-order valence-electron chi connectivity index (χ3n) is 2.87. The number of carbonyl (C=O) groups is 1. The van der Waals surface area contributed by atoms with Gasteiger partial charge < -0.3 is 4.74 Å². The molecule has 0 aliphatic heterocycles. The molecule has 2 rings (SSSR count). The van der Waals surface area contributed by atoms with Crippen molar-refractivity contribution in [3.05, 3.63) is 35.7 Å². The van der Waals surface area contributed by atoms with Gasteiger partial charge in [0.15, 0.2) is 5.71 Å². The molecule has 0 aliphatic rings. The summed E-state index contributed by atoms with van der Waals surface area (Å²) in [5, 5.41) is 5.20. The summed E-state index contributed by atoms with van der Waals surface area (Å²) in [5.41, 5.74) is 2.46. The molecule has 0 saturated heterocycles. The van der Waals surface area contributed by atoms with Gasteiger partial charge in [0.1, 0.15) is 0 Å². The Bertz CT molecular complexity index is 743. The van der Waals surface area contributed by atoms with Crippen molar-refractivity contribution in [1.82, 2.24) is 4.98 Å². The molecule has 0 bridgehead atoms. The van der Waals surface area contributed by atoms with Gasteiger partial charge >= 0.3 is 12.1 Å². The van der Waals surface area contributed by atoms with Crippen LogP contribution >= 0.6 is 11.3 Å². The number of hydrazone groups is 1. The zero-order chi connectivity index (χ0) is 18.4. The molecule has 0 amide bonds. The van der Waals surface area contributed by atoms with Crippen LogP contribution in [0.4, 0.5) is 18.3 Å². The third kappa shape index (κ3) is 5.86. The molecular weight excluding hydrogens is 355 g/mol. The fraction of sp³-hybridized carbons (Fsp3) is 0.312. The molecule has 1 aromatic carbocycles. The molecule has 1 N–H and O–H groups in total. The largest absolute Gasteiger partial charge is 0.463 e. The standard InChI is InChI=1S/C16H16F3N3O2S/c1-10(2)24-14(23)8-13(16(17,18)19)21-22-15-20-12(9-25-15)11-6-4-3-5-7-11/h3-7,9-10H,8H2,1-2H3,(H,20,22). The lowest BCUT2D eigenvalue weighted by Crippen LogP contribution is -2.28. The van der Waals surface area contributed by atoms with Crippen LogP contribution < -0.4 is 5.43 Å². The Morgan fingerprint density at radius 3 is 2.60 bits per heavy atom. The van der Waals surface area contributed by atoms with Gasteiger partial charge in [-0.25, -0.2) is 4.98 Å². The molecule has 0 unspecified atom stereocenters. The van der Waals surface area contributed by atoms with E-state index in [0.717, 1.165) is 16.9 Å². The van der Waals surface area contributed by atoms with Crippen LogP contribution in [0.1, 0.15) is 20.3 Å². The summed E-state index contributed by atoms with van der Waals surface area (Å²) < 4.78 is 43.7. The van der Waals surface area contributed by atoms with E-state index >= 15 is 0 Å². The molecule has 25 heavy (non-hydrogen) atoms. The van der Waals surface area contributed by atoms with E-state index in [9.17, 15) is 18.0 Å². The van der Waals surface area contributed by atoms with Crippen LogP contribution in [0.25, 0.3) is 11.3 Å². The molecule has 9 heteroatoms. The second-order valence-corrected chi connectivity index (χ2v) is 6.15. The fourth-order valence-electron chi connectivity index (χ4n) is 1.83. The van der Waals surface area contributed by atoms with Crippen molar-refractivity contribution in [3.63, 3.8) is 0 Å². The van der Waals surface area contributed by atoms with Crippen molar-refractivity contribution in [2.24, 2.45) is 5.10 Å². The molecule has 134 valence electrons. The van der Waals surface area contributed by atoms with Crippen LogP contribution in [0, 0.1) is 0 Å². The zero-order valence-electron chi connectivity index (χ0n) is 13.5. The van der Waals surface area contributed by atoms with E-state index in [1.54, 1.807) is 19.2 Å². The predicted molar refractivity (Wildman–Crippen MR) is 90.5 cm³/mol. The van der Waals surface area contributed by atoms with Crippen molar-refractivity contribution in [2.45, 2.75) is 32.5 Å². The number of ether oxygens (including phenoxy) is 1. The van der Waals surface area contributed by atoms with E-state index in [4.69, 9.17) is 4.74 Å². The van der Waals surface area contributed by atoms with Gasteiger partial charge in [-0.3, -0.25) is 10.2 Å². The lowest BCUT2D eigenvalue weighted by atomic mass is 10.2. The summed E-state index contributed by atoms with van der Waals surface area (Å²) in [7, 11) is 0. The van der Waals surface area contributed by atoms with Gasteiger partial charge in [-0.2, -0.15) is 18.3 Å². The van der Waals surface area contributed by atoms with Crippen molar-refractivity contribution in [1.29, 1.82) is 0 Å². The van der Waals surface area contributed by atoms with Crippen molar-refractivity contribution < 1.29 is 22.7 Å². The first-order chi connectivity index (χ1) is 11.8. The van der Waals surface area contributed by atoms with Gasteiger partial charge in [-0.1, -0.05) is 30.3 Å². The number of nitrogens with zero attached hydrogens (tertiary/aromatic N) is 2. The Morgan fingerprint density at radius 1 is 1.32 bits per heavy atom. The molecule has 0 aliphatic carbocycles. The first-order valence-electron chi connectivity index (χ1n) is 7.36. The lowest BCUT2D eigenvalue weighted by Gasteiger charge is -2.12. The maximum atomic E-state index is 13.0. The molecule has 0 atom stereocenters. The van der Waals surface area contributed by atoms with E-state index < -0.39 is 30.4 Å². The van der Waals surface area contributed by atoms with Crippen LogP contribution in [-0.4, -0.2) is 28.9 Å². The van der Waals surface area contributed by atoms with E-state index in [0.29, 0.717) is 5.69 Å². The molecular formula is C16H16F3N3O2S. The number of rotatable bonds is 6. The minimum atomic E-state index is -4.75. The number of halogens is 3. The quantitative estimate of drug-likeness (QED) is 0.462. The zero-order valence-corrected chi connectivity index (χ0v) is 14.3. The van der Waals surface area contributed by atoms with Gasteiger partial charge in [0.05, 0.1) is 18.2 Å². The maximum Gasteiger partial charge on any atom is 0.431 e. The molecule has 0 saturated carbocycles. The number of aromatic nitrogens is 1. The highest BCUT2D eigenvalue weighted by molar-refractivity contribution is 7.14. The molecule has 0 spiro atoms. The summed E-state index contributed by atoms with van der Waals surface area (Å²) in [6, 6.07) is 9.20. The fourth-order valence-corrected chi connectivity index (χ4v) is 2.49. The van der Waals surface area contributed by atoms with E-state index in [2.05, 4.69) is 15.5 Å². The Hall–Kier alpha value is -2.42. The molecule has 0 radical (unpaired) electrons. The van der Waals surface area contributed by atoms with Crippen LogP contribution in [0.15, 0.2) is 40.8 Å². The van der Waals surface area contributed by atoms with Crippen LogP contribution in [0.2, 0.25) is 0 Å². The van der Waals surface area contributed by atoms with E-state index in [-0.39, 0.29) is 5.13 Å². The van der Waals surface area contributed by atoms with Gasteiger partial charge in [-0.15, -0.1) is 11.3 Å². The minimum absolute atomic E-state index is 0.192. The number of benzene rings is 1.